The minimum Gasteiger partial charge on any atom is -0.477 e. The van der Waals surface area contributed by atoms with Gasteiger partial charge in [-0.3, -0.25) is 29.5 Å². The molecular formula is C66H99N9O8. The Morgan fingerprint density at radius 2 is 1.33 bits per heavy atom. The Morgan fingerprint density at radius 1 is 0.651 bits per heavy atom. The van der Waals surface area contributed by atoms with Gasteiger partial charge in [0, 0.05) is 64.8 Å². The van der Waals surface area contributed by atoms with Crippen LogP contribution >= 0.6 is 0 Å². The predicted molar refractivity (Wildman–Crippen MR) is 328 cm³/mol. The van der Waals surface area contributed by atoms with Crippen LogP contribution in [0.15, 0.2) is 84.9 Å². The highest BCUT2D eigenvalue weighted by Gasteiger charge is 2.37. The third-order valence-corrected chi connectivity index (χ3v) is 16.3. The van der Waals surface area contributed by atoms with Crippen LogP contribution in [0, 0.1) is 17.8 Å². The number of carboxylic acids is 1. The first kappa shape index (κ1) is 66.6. The van der Waals surface area contributed by atoms with Crippen molar-refractivity contribution in [1.29, 1.82) is 0 Å². The lowest BCUT2D eigenvalue weighted by Crippen LogP contribution is -2.60. The van der Waals surface area contributed by atoms with Crippen LogP contribution in [-0.2, 0) is 43.4 Å². The fraction of sp³-hybridized carbons (Fsp3) is 0.606. The van der Waals surface area contributed by atoms with Crippen molar-refractivity contribution in [1.82, 2.24) is 41.3 Å². The van der Waals surface area contributed by atoms with Crippen molar-refractivity contribution in [2.75, 3.05) is 77.3 Å². The van der Waals surface area contributed by atoms with E-state index in [1.807, 2.05) is 47.4 Å². The lowest BCUT2D eigenvalue weighted by Gasteiger charge is -2.43. The molecule has 0 spiro atoms. The maximum atomic E-state index is 13.7. The van der Waals surface area contributed by atoms with Crippen LogP contribution in [0.3, 0.4) is 0 Å². The average Bonchev–Trinajstić information content (AvgIpc) is 3.76. The quantitative estimate of drug-likeness (QED) is 0.0215. The molecule has 1 saturated carbocycles. The summed E-state index contributed by atoms with van der Waals surface area (Å²) in [5, 5.41) is 15.9. The van der Waals surface area contributed by atoms with Crippen LogP contribution in [0.5, 0.6) is 0 Å². The number of para-hydroxylation sites is 1. The molecule has 5 N–H and O–H groups in total. The number of Topliss-reactive ketones (excluding diaryl/α,β-unsaturated/α-hetero) is 1. The molecule has 7 rings (SSSR count). The summed E-state index contributed by atoms with van der Waals surface area (Å²) in [5.41, 5.74) is 13.7. The lowest BCUT2D eigenvalue weighted by molar-refractivity contribution is -0.125. The summed E-state index contributed by atoms with van der Waals surface area (Å²) in [4.78, 5) is 64.5. The molecule has 456 valence electrons. The SMILES string of the molecule is CCCCCCC1NNC2c3ccccc3CN(C(=O)CCC(=O)NCCOCCC)c3ccccc3C2N1.CCCN(CCOCCOCCN(CCCC1CC(CC)CC1C)Cc1cccc(C(C)=O)n1)Cc1cccc(C(=O)O)n1. The van der Waals surface area contributed by atoms with Gasteiger partial charge < -0.3 is 29.5 Å². The van der Waals surface area contributed by atoms with Crippen LogP contribution in [-0.4, -0.2) is 127 Å². The minimum absolute atomic E-state index is 0.00990. The highest BCUT2D eigenvalue weighted by Crippen LogP contribution is 2.42. The second-order valence-electron chi connectivity index (χ2n) is 22.8. The summed E-state index contributed by atoms with van der Waals surface area (Å²) in [5.74, 6) is 1.34. The van der Waals surface area contributed by atoms with Crippen molar-refractivity contribution in [2.45, 2.75) is 169 Å². The molecule has 83 heavy (non-hydrogen) atoms. The maximum Gasteiger partial charge on any atom is 0.354 e. The first-order chi connectivity index (χ1) is 40.4. The van der Waals surface area contributed by atoms with E-state index in [-0.39, 0.29) is 54.4 Å². The molecule has 3 aliphatic rings. The van der Waals surface area contributed by atoms with Crippen molar-refractivity contribution in [3.8, 4) is 0 Å². The van der Waals surface area contributed by atoms with E-state index in [1.54, 1.807) is 19.1 Å². The van der Waals surface area contributed by atoms with Gasteiger partial charge in [0.2, 0.25) is 11.8 Å². The van der Waals surface area contributed by atoms with Gasteiger partial charge in [-0.1, -0.05) is 121 Å². The highest BCUT2D eigenvalue weighted by molar-refractivity contribution is 5.96. The number of ether oxygens (including phenoxy) is 3. The van der Waals surface area contributed by atoms with Gasteiger partial charge in [0.1, 0.15) is 11.4 Å². The Hall–Kier alpha value is -5.50. The molecule has 4 aromatic rings. The number of rotatable bonds is 35. The molecule has 17 heteroatoms. The Labute approximate surface area is 495 Å². The number of carboxylic acid groups (broad SMARTS) is 1. The Bertz CT molecular complexity index is 2570. The molecule has 6 atom stereocenters. The van der Waals surface area contributed by atoms with Crippen LogP contribution in [0.25, 0.3) is 0 Å². The zero-order valence-corrected chi connectivity index (χ0v) is 50.9. The summed E-state index contributed by atoms with van der Waals surface area (Å²) in [6.45, 7) is 21.8. The van der Waals surface area contributed by atoms with Crippen molar-refractivity contribution >= 4 is 29.3 Å². The molecule has 4 heterocycles. The van der Waals surface area contributed by atoms with Crippen molar-refractivity contribution < 1.29 is 38.5 Å². The van der Waals surface area contributed by atoms with Gasteiger partial charge >= 0.3 is 5.97 Å². The van der Waals surface area contributed by atoms with Gasteiger partial charge in [0.05, 0.1) is 69.2 Å². The molecule has 2 aliphatic heterocycles. The smallest absolute Gasteiger partial charge is 0.354 e. The van der Waals surface area contributed by atoms with E-state index in [1.165, 1.54) is 56.6 Å². The normalized spacial score (nSPS) is 19.3. The number of nitrogens with one attached hydrogen (secondary N) is 4. The topological polar surface area (TPSA) is 200 Å². The van der Waals surface area contributed by atoms with Crippen LogP contribution in [0.4, 0.5) is 5.69 Å². The number of benzene rings is 2. The second-order valence-corrected chi connectivity index (χ2v) is 22.8. The van der Waals surface area contributed by atoms with Gasteiger partial charge in [-0.05, 0) is 123 Å². The lowest BCUT2D eigenvalue weighted by atomic mass is 9.86. The van der Waals surface area contributed by atoms with Gasteiger partial charge in [0.15, 0.2) is 5.78 Å². The van der Waals surface area contributed by atoms with Gasteiger partial charge in [-0.2, -0.15) is 0 Å². The maximum absolute atomic E-state index is 13.7. The molecule has 6 unspecified atom stereocenters. The molecule has 0 radical (unpaired) electrons. The fourth-order valence-electron chi connectivity index (χ4n) is 11.8. The highest BCUT2D eigenvalue weighted by atomic mass is 16.5. The zero-order chi connectivity index (χ0) is 59.2. The van der Waals surface area contributed by atoms with Gasteiger partial charge in [-0.15, -0.1) is 0 Å². The molecule has 2 amide bonds. The third-order valence-electron chi connectivity index (χ3n) is 16.3. The Kier molecular flexibility index (Phi) is 29.7. The number of aromatic nitrogens is 2. The second kappa shape index (κ2) is 37.0. The number of carbonyl (C=O) groups is 4. The summed E-state index contributed by atoms with van der Waals surface area (Å²) >= 11 is 0. The third kappa shape index (κ3) is 22.5. The number of fused-ring (bicyclic) bond motifs is 5. The van der Waals surface area contributed by atoms with E-state index in [2.05, 4.69) is 100 Å². The zero-order valence-electron chi connectivity index (χ0n) is 50.9. The number of hydrazine groups is 1. The Balaban J connectivity index is 0.000000268. The number of carbonyl (C=O) groups excluding carboxylic acids is 3. The first-order valence-corrected chi connectivity index (χ1v) is 31.3. The van der Waals surface area contributed by atoms with Crippen LogP contribution < -0.4 is 26.4 Å². The van der Waals surface area contributed by atoms with E-state index in [0.717, 1.165) is 104 Å². The van der Waals surface area contributed by atoms with E-state index >= 15 is 0 Å². The van der Waals surface area contributed by atoms with Gasteiger partial charge in [-0.25, -0.2) is 25.6 Å². The minimum atomic E-state index is -1.01. The molecule has 2 aromatic carbocycles. The largest absolute Gasteiger partial charge is 0.477 e. The number of pyridine rings is 2. The summed E-state index contributed by atoms with van der Waals surface area (Å²) in [6.07, 6.45) is 14.7. The number of aromatic carboxylic acids is 1. The average molecular weight is 1150 g/mol. The van der Waals surface area contributed by atoms with E-state index in [4.69, 9.17) is 14.2 Å². The number of anilines is 1. The van der Waals surface area contributed by atoms with Crippen LogP contribution in [0.2, 0.25) is 0 Å². The number of nitrogens with zero attached hydrogens (tertiary/aromatic N) is 5. The summed E-state index contributed by atoms with van der Waals surface area (Å²) < 4.78 is 17.2. The van der Waals surface area contributed by atoms with E-state index in [9.17, 15) is 24.3 Å². The molecule has 1 aliphatic carbocycles. The molecule has 2 aromatic heterocycles. The Morgan fingerprint density at radius 3 is 2.00 bits per heavy atom. The van der Waals surface area contributed by atoms with Crippen molar-refractivity contribution in [2.24, 2.45) is 17.8 Å². The van der Waals surface area contributed by atoms with Crippen molar-refractivity contribution in [3.63, 3.8) is 0 Å². The van der Waals surface area contributed by atoms with E-state index < -0.39 is 5.97 Å². The van der Waals surface area contributed by atoms with Gasteiger partial charge in [0.25, 0.3) is 0 Å². The predicted octanol–water partition coefficient (Wildman–Crippen LogP) is 10.6. The monoisotopic (exact) mass is 1150 g/mol. The molecule has 2 fully saturated rings. The molecule has 0 bridgehead atoms. The summed E-state index contributed by atoms with van der Waals surface area (Å²) in [7, 11) is 0. The standard InChI is InChI=1S/C35H54N4O5.C31H45N5O3/c1-5-15-38(25-32-12-8-14-34(37-32)35(41)42)17-19-43-21-22-44-20-18-39(26-31-11-7-13-33(36-31)28(4)40)16-9-10-30-24-29(6-2)23-27(30)3;1-3-5-6-7-16-27-33-30-25-14-10-11-15-26(25)36(22-23-12-8-9-13-24(23)31(30)35-34-27)29(38)18-17-28(37)32-19-21-39-20-4-2/h7-8,11-14,27,29-30H,5-6,9-10,15-26H2,1-4H3,(H,41,42);8-15,27,30-31,33-35H,3-7,16-22H2,1-2H3,(H,32,37). The molecular weight excluding hydrogens is 1050 g/mol. The fourth-order valence-corrected chi connectivity index (χ4v) is 11.8. The summed E-state index contributed by atoms with van der Waals surface area (Å²) in [6, 6.07) is 27.3. The molecule has 1 saturated heterocycles. The van der Waals surface area contributed by atoms with E-state index in [0.29, 0.717) is 71.5 Å². The number of hydrogen-bond acceptors (Lipinski definition) is 14. The number of ketones is 1. The first-order valence-electron chi connectivity index (χ1n) is 31.3. The molecule has 17 nitrogen and oxygen atoms in total. The number of hydrogen-bond donors (Lipinski definition) is 5. The van der Waals surface area contributed by atoms with Crippen LogP contribution in [0.1, 0.15) is 193 Å². The number of amides is 2. The van der Waals surface area contributed by atoms with Crippen molar-refractivity contribution in [3.05, 3.63) is 124 Å². The number of unbranched alkanes of at least 4 members (excludes halogenated alkanes) is 3.